The number of methoxy groups -OCH3 is 1. The molecule has 20 heavy (non-hydrogen) atoms. The first-order valence-electron chi connectivity index (χ1n) is 6.08. The lowest BCUT2D eigenvalue weighted by molar-refractivity contribution is 0.262. The smallest absolute Gasteiger partial charge is 0.323 e. The molecule has 104 valence electrons. The summed E-state index contributed by atoms with van der Waals surface area (Å²) in [5.41, 5.74) is 2.36. The number of anilines is 2. The molecule has 2 amide bonds. The summed E-state index contributed by atoms with van der Waals surface area (Å²) in [5.74, 6) is 0.619. The lowest BCUT2D eigenvalue weighted by atomic mass is 10.2. The minimum atomic E-state index is -0.310. The Kier molecular flexibility index (Phi) is 4.63. The van der Waals surface area contributed by atoms with Crippen molar-refractivity contribution in [2.45, 2.75) is 6.92 Å². The number of carbonyl (C=O) groups excluding carboxylic acids is 1. The molecule has 0 aliphatic heterocycles. The van der Waals surface area contributed by atoms with Crippen LogP contribution in [0.1, 0.15) is 5.56 Å². The maximum Gasteiger partial charge on any atom is 0.323 e. The van der Waals surface area contributed by atoms with Crippen molar-refractivity contribution in [3.05, 3.63) is 52.5 Å². The van der Waals surface area contributed by atoms with E-state index in [2.05, 4.69) is 26.6 Å². The minimum Gasteiger partial charge on any atom is -0.495 e. The van der Waals surface area contributed by atoms with Gasteiger partial charge in [-0.2, -0.15) is 0 Å². The average Bonchev–Trinajstić information content (AvgIpc) is 2.44. The summed E-state index contributed by atoms with van der Waals surface area (Å²) in [4.78, 5) is 12.0. The van der Waals surface area contributed by atoms with Crippen molar-refractivity contribution in [2.24, 2.45) is 0 Å². The van der Waals surface area contributed by atoms with Gasteiger partial charge in [0.15, 0.2) is 0 Å². The topological polar surface area (TPSA) is 50.4 Å². The van der Waals surface area contributed by atoms with Gasteiger partial charge in [-0.25, -0.2) is 4.79 Å². The monoisotopic (exact) mass is 334 g/mol. The number of para-hydroxylation sites is 2. The fourth-order valence-electron chi connectivity index (χ4n) is 1.77. The highest BCUT2D eigenvalue weighted by Crippen LogP contribution is 2.25. The highest BCUT2D eigenvalue weighted by Gasteiger charge is 2.09. The standard InChI is InChI=1S/C15H15BrN2O2/c1-10-11(16)6-5-8-12(10)17-15(19)18-13-7-3-4-9-14(13)20-2/h3-9H,1-2H3,(H2,17,18,19). The zero-order valence-electron chi connectivity index (χ0n) is 11.2. The largest absolute Gasteiger partial charge is 0.495 e. The van der Waals surface area contributed by atoms with Crippen LogP contribution in [-0.4, -0.2) is 13.1 Å². The number of ether oxygens (including phenoxy) is 1. The van der Waals surface area contributed by atoms with Crippen LogP contribution in [0.25, 0.3) is 0 Å². The summed E-state index contributed by atoms with van der Waals surface area (Å²) < 4.78 is 6.14. The molecule has 0 unspecified atom stereocenters. The van der Waals surface area contributed by atoms with Gasteiger partial charge in [0.05, 0.1) is 12.8 Å². The third kappa shape index (κ3) is 3.30. The molecule has 0 bridgehead atoms. The molecule has 0 spiro atoms. The van der Waals surface area contributed by atoms with Gasteiger partial charge in [-0.15, -0.1) is 0 Å². The molecule has 2 N–H and O–H groups in total. The number of benzene rings is 2. The second-order valence-corrected chi connectivity index (χ2v) is 5.05. The second-order valence-electron chi connectivity index (χ2n) is 4.19. The Morgan fingerprint density at radius 1 is 1.05 bits per heavy atom. The van der Waals surface area contributed by atoms with Gasteiger partial charge < -0.3 is 15.4 Å². The highest BCUT2D eigenvalue weighted by molar-refractivity contribution is 9.10. The van der Waals surface area contributed by atoms with E-state index >= 15 is 0 Å². The van der Waals surface area contributed by atoms with Crippen LogP contribution in [0, 0.1) is 6.92 Å². The van der Waals surface area contributed by atoms with E-state index in [0.717, 1.165) is 15.7 Å². The Morgan fingerprint density at radius 3 is 2.45 bits per heavy atom. The summed E-state index contributed by atoms with van der Waals surface area (Å²) in [6, 6.07) is 12.6. The molecule has 2 aromatic carbocycles. The van der Waals surface area contributed by atoms with Gasteiger partial charge in [-0.3, -0.25) is 0 Å². The number of rotatable bonds is 3. The van der Waals surface area contributed by atoms with E-state index in [0.29, 0.717) is 11.4 Å². The van der Waals surface area contributed by atoms with Gasteiger partial charge in [-0.1, -0.05) is 34.1 Å². The van der Waals surface area contributed by atoms with Crippen molar-refractivity contribution in [3.8, 4) is 5.75 Å². The molecular formula is C15H15BrN2O2. The number of amides is 2. The van der Waals surface area contributed by atoms with Crippen molar-refractivity contribution in [1.29, 1.82) is 0 Å². The molecule has 0 saturated carbocycles. The average molecular weight is 335 g/mol. The van der Waals surface area contributed by atoms with Gasteiger partial charge >= 0.3 is 6.03 Å². The number of urea groups is 1. The van der Waals surface area contributed by atoms with E-state index in [1.807, 2.05) is 37.3 Å². The number of carbonyl (C=O) groups is 1. The third-order valence-electron chi connectivity index (χ3n) is 2.87. The lowest BCUT2D eigenvalue weighted by Gasteiger charge is -2.12. The molecule has 0 fully saturated rings. The van der Waals surface area contributed by atoms with Crippen molar-refractivity contribution < 1.29 is 9.53 Å². The predicted octanol–water partition coefficient (Wildman–Crippen LogP) is 4.41. The SMILES string of the molecule is COc1ccccc1NC(=O)Nc1cccc(Br)c1C. The Hall–Kier alpha value is -2.01. The molecule has 0 aromatic heterocycles. The molecule has 0 radical (unpaired) electrons. The lowest BCUT2D eigenvalue weighted by Crippen LogP contribution is -2.20. The summed E-state index contributed by atoms with van der Waals surface area (Å²) >= 11 is 3.43. The molecular weight excluding hydrogens is 320 g/mol. The molecule has 4 nitrogen and oxygen atoms in total. The Balaban J connectivity index is 2.11. The van der Waals surface area contributed by atoms with Gasteiger partial charge in [0.25, 0.3) is 0 Å². The van der Waals surface area contributed by atoms with Crippen LogP contribution in [0.15, 0.2) is 46.9 Å². The van der Waals surface area contributed by atoms with E-state index in [9.17, 15) is 4.79 Å². The van der Waals surface area contributed by atoms with Crippen LogP contribution in [0.4, 0.5) is 16.2 Å². The molecule has 0 heterocycles. The maximum atomic E-state index is 12.0. The zero-order chi connectivity index (χ0) is 14.5. The first-order chi connectivity index (χ1) is 9.61. The van der Waals surface area contributed by atoms with E-state index in [1.165, 1.54) is 0 Å². The van der Waals surface area contributed by atoms with Crippen LogP contribution in [0.5, 0.6) is 5.75 Å². The first-order valence-corrected chi connectivity index (χ1v) is 6.87. The molecule has 0 aliphatic carbocycles. The fourth-order valence-corrected chi connectivity index (χ4v) is 2.13. The third-order valence-corrected chi connectivity index (χ3v) is 3.73. The molecule has 2 aromatic rings. The van der Waals surface area contributed by atoms with Gasteiger partial charge in [-0.05, 0) is 36.8 Å². The van der Waals surface area contributed by atoms with Gasteiger partial charge in [0, 0.05) is 10.2 Å². The second kappa shape index (κ2) is 6.43. The normalized spacial score (nSPS) is 9.95. The van der Waals surface area contributed by atoms with Crippen LogP contribution in [0.2, 0.25) is 0 Å². The summed E-state index contributed by atoms with van der Waals surface area (Å²) in [7, 11) is 1.57. The highest BCUT2D eigenvalue weighted by atomic mass is 79.9. The van der Waals surface area contributed by atoms with Crippen LogP contribution < -0.4 is 15.4 Å². The van der Waals surface area contributed by atoms with E-state index < -0.39 is 0 Å². The van der Waals surface area contributed by atoms with Gasteiger partial charge in [0.2, 0.25) is 0 Å². The summed E-state index contributed by atoms with van der Waals surface area (Å²) in [5, 5.41) is 5.58. The molecule has 5 heteroatoms. The van der Waals surface area contributed by atoms with Crippen LogP contribution in [0.3, 0.4) is 0 Å². The van der Waals surface area contributed by atoms with E-state index in [-0.39, 0.29) is 6.03 Å². The van der Waals surface area contributed by atoms with Crippen LogP contribution >= 0.6 is 15.9 Å². The number of hydrogen-bond acceptors (Lipinski definition) is 2. The molecule has 0 saturated heterocycles. The van der Waals surface area contributed by atoms with Crippen molar-refractivity contribution in [2.75, 3.05) is 17.7 Å². The summed E-state index contributed by atoms with van der Waals surface area (Å²) in [6.45, 7) is 1.93. The predicted molar refractivity (Wildman–Crippen MR) is 84.5 cm³/mol. The molecule has 2 rings (SSSR count). The Labute approximate surface area is 126 Å². The first kappa shape index (κ1) is 14.4. The number of hydrogen-bond donors (Lipinski definition) is 2. The quantitative estimate of drug-likeness (QED) is 0.873. The fraction of sp³-hybridized carbons (Fsp3) is 0.133. The minimum absolute atomic E-state index is 0.310. The number of nitrogens with one attached hydrogen (secondary N) is 2. The number of halogens is 1. The van der Waals surface area contributed by atoms with Crippen molar-refractivity contribution in [1.82, 2.24) is 0 Å². The Morgan fingerprint density at radius 2 is 1.70 bits per heavy atom. The maximum absolute atomic E-state index is 12.0. The molecule has 0 aliphatic rings. The van der Waals surface area contributed by atoms with Crippen molar-refractivity contribution >= 4 is 33.3 Å². The van der Waals surface area contributed by atoms with E-state index in [4.69, 9.17) is 4.74 Å². The summed E-state index contributed by atoms with van der Waals surface area (Å²) in [6.07, 6.45) is 0. The van der Waals surface area contributed by atoms with E-state index in [1.54, 1.807) is 19.2 Å². The van der Waals surface area contributed by atoms with Crippen LogP contribution in [-0.2, 0) is 0 Å². The van der Waals surface area contributed by atoms with Gasteiger partial charge in [0.1, 0.15) is 5.75 Å². The molecule has 0 atom stereocenters. The zero-order valence-corrected chi connectivity index (χ0v) is 12.8. The van der Waals surface area contributed by atoms with Crippen molar-refractivity contribution in [3.63, 3.8) is 0 Å². The Bertz CT molecular complexity index is 629.